The van der Waals surface area contributed by atoms with Crippen molar-refractivity contribution < 1.29 is 14.3 Å². The van der Waals surface area contributed by atoms with E-state index in [9.17, 15) is 9.59 Å². The van der Waals surface area contributed by atoms with E-state index in [2.05, 4.69) is 5.32 Å². The lowest BCUT2D eigenvalue weighted by Crippen LogP contribution is -2.35. The van der Waals surface area contributed by atoms with Gasteiger partial charge in [-0.25, -0.2) is 4.79 Å². The summed E-state index contributed by atoms with van der Waals surface area (Å²) in [6.45, 7) is 3.50. The molecule has 0 radical (unpaired) electrons. The summed E-state index contributed by atoms with van der Waals surface area (Å²) in [7, 11) is 0. The van der Waals surface area contributed by atoms with Crippen molar-refractivity contribution in [2.24, 2.45) is 0 Å². The predicted molar refractivity (Wildman–Crippen MR) is 69.3 cm³/mol. The van der Waals surface area contributed by atoms with Crippen LogP contribution in [0.25, 0.3) is 0 Å². The monoisotopic (exact) mass is 260 g/mol. The fraction of sp³-hybridized carbons (Fsp3) is 0.357. The molecular weight excluding hydrogens is 244 g/mol. The number of carbonyl (C=O) groups is 2. The van der Waals surface area contributed by atoms with Gasteiger partial charge in [0.1, 0.15) is 0 Å². The first-order valence-corrected chi connectivity index (χ1v) is 6.03. The molecule has 0 fully saturated rings. The summed E-state index contributed by atoms with van der Waals surface area (Å²) in [5, 5.41) is 11.4. The van der Waals surface area contributed by atoms with Crippen LogP contribution < -0.4 is 5.32 Å². The minimum atomic E-state index is -0.614. The molecule has 5 heteroatoms. The van der Waals surface area contributed by atoms with Gasteiger partial charge in [0.2, 0.25) is 0 Å². The van der Waals surface area contributed by atoms with Crippen molar-refractivity contribution in [1.82, 2.24) is 5.32 Å². The van der Waals surface area contributed by atoms with E-state index in [1.807, 2.05) is 19.9 Å². The Balaban J connectivity index is 2.51. The second-order valence-corrected chi connectivity index (χ2v) is 4.15. The van der Waals surface area contributed by atoms with Gasteiger partial charge in [0.25, 0.3) is 5.91 Å². The maximum atomic E-state index is 11.7. The molecule has 0 saturated heterocycles. The molecule has 5 nitrogen and oxygen atoms in total. The highest BCUT2D eigenvalue weighted by molar-refractivity contribution is 5.91. The number of ether oxygens (including phenoxy) is 1. The van der Waals surface area contributed by atoms with Gasteiger partial charge in [0.15, 0.2) is 6.61 Å². The molecule has 1 rings (SSSR count). The van der Waals surface area contributed by atoms with E-state index in [4.69, 9.17) is 10.00 Å². The average molecular weight is 260 g/mol. The summed E-state index contributed by atoms with van der Waals surface area (Å²) >= 11 is 0. The Morgan fingerprint density at radius 2 is 2.21 bits per heavy atom. The zero-order chi connectivity index (χ0) is 14.3. The van der Waals surface area contributed by atoms with Gasteiger partial charge in [-0.1, -0.05) is 13.0 Å². The second-order valence-electron chi connectivity index (χ2n) is 4.15. The van der Waals surface area contributed by atoms with Crippen molar-refractivity contribution >= 4 is 11.9 Å². The van der Waals surface area contributed by atoms with Crippen molar-refractivity contribution in [3.05, 3.63) is 35.4 Å². The number of benzene rings is 1. The van der Waals surface area contributed by atoms with Crippen molar-refractivity contribution in [3.63, 3.8) is 0 Å². The summed E-state index contributed by atoms with van der Waals surface area (Å²) in [4.78, 5) is 23.1. The first kappa shape index (κ1) is 14.7. The Morgan fingerprint density at radius 1 is 1.47 bits per heavy atom. The fourth-order valence-corrected chi connectivity index (χ4v) is 1.35. The van der Waals surface area contributed by atoms with Crippen LogP contribution in [0.3, 0.4) is 0 Å². The summed E-state index contributed by atoms with van der Waals surface area (Å²) in [6.07, 6.45) is 0.809. The zero-order valence-electron chi connectivity index (χ0n) is 11.0. The number of esters is 1. The van der Waals surface area contributed by atoms with E-state index in [-0.39, 0.29) is 24.1 Å². The van der Waals surface area contributed by atoms with E-state index < -0.39 is 5.97 Å². The van der Waals surface area contributed by atoms with E-state index >= 15 is 0 Å². The van der Waals surface area contributed by atoms with Gasteiger partial charge in [0, 0.05) is 6.04 Å². The minimum Gasteiger partial charge on any atom is -0.452 e. The molecule has 0 aliphatic rings. The minimum absolute atomic E-state index is 0.0492. The molecule has 0 unspecified atom stereocenters. The van der Waals surface area contributed by atoms with Crippen LogP contribution in [0.4, 0.5) is 0 Å². The van der Waals surface area contributed by atoms with Crippen molar-refractivity contribution in [2.75, 3.05) is 6.61 Å². The molecule has 0 heterocycles. The molecular formula is C14H16N2O3. The maximum absolute atomic E-state index is 11.7. The molecule has 19 heavy (non-hydrogen) atoms. The normalized spacial score (nSPS) is 11.2. The smallest absolute Gasteiger partial charge is 0.338 e. The van der Waals surface area contributed by atoms with Crippen LogP contribution in [0.5, 0.6) is 0 Å². The highest BCUT2D eigenvalue weighted by Crippen LogP contribution is 2.05. The largest absolute Gasteiger partial charge is 0.452 e. The highest BCUT2D eigenvalue weighted by Gasteiger charge is 2.11. The number of amides is 1. The van der Waals surface area contributed by atoms with Gasteiger partial charge in [-0.3, -0.25) is 4.79 Å². The van der Waals surface area contributed by atoms with Crippen molar-refractivity contribution in [2.45, 2.75) is 26.3 Å². The van der Waals surface area contributed by atoms with E-state index in [1.54, 1.807) is 12.1 Å². The molecule has 0 aliphatic carbocycles. The summed E-state index contributed by atoms with van der Waals surface area (Å²) in [6, 6.07) is 8.13. The first-order chi connectivity index (χ1) is 9.06. The second kappa shape index (κ2) is 7.17. The molecule has 1 amide bonds. The molecule has 0 spiro atoms. The highest BCUT2D eigenvalue weighted by atomic mass is 16.5. The first-order valence-electron chi connectivity index (χ1n) is 6.03. The van der Waals surface area contributed by atoms with Gasteiger partial charge in [-0.15, -0.1) is 0 Å². The number of carbonyl (C=O) groups excluding carboxylic acids is 2. The molecule has 0 aromatic heterocycles. The van der Waals surface area contributed by atoms with Crippen molar-refractivity contribution in [1.29, 1.82) is 5.26 Å². The zero-order valence-corrected chi connectivity index (χ0v) is 11.0. The number of rotatable bonds is 5. The number of nitrogens with one attached hydrogen (secondary N) is 1. The van der Waals surface area contributed by atoms with Crippen molar-refractivity contribution in [3.8, 4) is 6.07 Å². The summed E-state index contributed by atoms with van der Waals surface area (Å²) in [5.41, 5.74) is 0.633. The third-order valence-corrected chi connectivity index (χ3v) is 2.58. The number of hydrogen-bond acceptors (Lipinski definition) is 4. The molecule has 1 aromatic carbocycles. The Morgan fingerprint density at radius 3 is 2.84 bits per heavy atom. The molecule has 1 atom stereocenters. The Hall–Kier alpha value is -2.35. The average Bonchev–Trinajstić information content (AvgIpc) is 2.44. The third kappa shape index (κ3) is 4.80. The standard InChI is InChI=1S/C14H16N2O3/c1-3-10(2)16-13(17)9-19-14(18)12-6-4-5-11(7-12)8-15/h4-7,10H,3,9H2,1-2H3,(H,16,17)/t10-/m1/s1. The van der Waals surface area contributed by atoms with Crippen LogP contribution in [0, 0.1) is 11.3 Å². The summed E-state index contributed by atoms with van der Waals surface area (Å²) < 4.78 is 4.87. The molecule has 1 N–H and O–H groups in total. The lowest BCUT2D eigenvalue weighted by atomic mass is 10.1. The number of hydrogen-bond donors (Lipinski definition) is 1. The Kier molecular flexibility index (Phi) is 5.55. The van der Waals surface area contributed by atoms with Crippen LogP contribution in [-0.2, 0) is 9.53 Å². The quantitative estimate of drug-likeness (QED) is 0.816. The predicted octanol–water partition coefficient (Wildman–Crippen LogP) is 1.63. The molecule has 1 aromatic rings. The van der Waals surface area contributed by atoms with E-state index in [1.165, 1.54) is 12.1 Å². The maximum Gasteiger partial charge on any atom is 0.338 e. The number of nitrogens with zero attached hydrogens (tertiary/aromatic N) is 1. The van der Waals surface area contributed by atoms with E-state index in [0.29, 0.717) is 5.56 Å². The third-order valence-electron chi connectivity index (χ3n) is 2.58. The van der Waals surface area contributed by atoms with Gasteiger partial charge in [-0.05, 0) is 31.5 Å². The molecule has 0 bridgehead atoms. The molecule has 0 saturated carbocycles. The van der Waals surface area contributed by atoms with Crippen LogP contribution in [0.1, 0.15) is 36.2 Å². The SMILES string of the molecule is CC[C@@H](C)NC(=O)COC(=O)c1cccc(C#N)c1. The lowest BCUT2D eigenvalue weighted by Gasteiger charge is -2.11. The van der Waals surface area contributed by atoms with E-state index in [0.717, 1.165) is 6.42 Å². The van der Waals surface area contributed by atoms with Gasteiger partial charge in [-0.2, -0.15) is 5.26 Å². The summed E-state index contributed by atoms with van der Waals surface area (Å²) in [5.74, 6) is -0.949. The lowest BCUT2D eigenvalue weighted by molar-refractivity contribution is -0.124. The number of nitriles is 1. The topological polar surface area (TPSA) is 79.2 Å². The molecule has 0 aliphatic heterocycles. The van der Waals surface area contributed by atoms with Crippen LogP contribution in [0.2, 0.25) is 0 Å². The van der Waals surface area contributed by atoms with Crippen LogP contribution in [-0.4, -0.2) is 24.5 Å². The van der Waals surface area contributed by atoms with Crippen LogP contribution in [0.15, 0.2) is 24.3 Å². The van der Waals surface area contributed by atoms with Crippen LogP contribution >= 0.6 is 0 Å². The Bertz CT molecular complexity index is 506. The van der Waals surface area contributed by atoms with Gasteiger partial charge < -0.3 is 10.1 Å². The van der Waals surface area contributed by atoms with Gasteiger partial charge >= 0.3 is 5.97 Å². The Labute approximate surface area is 112 Å². The van der Waals surface area contributed by atoms with Gasteiger partial charge in [0.05, 0.1) is 17.2 Å². The fourth-order valence-electron chi connectivity index (χ4n) is 1.35. The molecule has 100 valence electrons.